The lowest BCUT2D eigenvalue weighted by Crippen LogP contribution is -2.49. The summed E-state index contributed by atoms with van der Waals surface area (Å²) in [5.41, 5.74) is 1.86. The second-order valence-corrected chi connectivity index (χ2v) is 5.70. The van der Waals surface area contributed by atoms with E-state index < -0.39 is 0 Å². The maximum Gasteiger partial charge on any atom is 0.255 e. The van der Waals surface area contributed by atoms with Crippen molar-refractivity contribution in [2.75, 3.05) is 39.3 Å². The van der Waals surface area contributed by atoms with Crippen LogP contribution in [-0.4, -0.2) is 60.1 Å². The van der Waals surface area contributed by atoms with E-state index in [0.717, 1.165) is 41.8 Å². The van der Waals surface area contributed by atoms with Crippen molar-refractivity contribution in [3.8, 4) is 0 Å². The first-order valence-electron chi connectivity index (χ1n) is 6.50. The number of halogens is 1. The summed E-state index contributed by atoms with van der Waals surface area (Å²) in [5.74, 6) is 0.0792. The fourth-order valence-electron chi connectivity index (χ4n) is 2.28. The summed E-state index contributed by atoms with van der Waals surface area (Å²) in [7, 11) is 0. The third-order valence-corrected chi connectivity index (χ3v) is 4.09. The molecule has 0 atom stereocenters. The fraction of sp³-hybridized carbons (Fsp3) is 0.500. The molecule has 1 heterocycles. The minimum atomic E-state index is 0.0792. The molecule has 5 heteroatoms. The summed E-state index contributed by atoms with van der Waals surface area (Å²) in [4.78, 5) is 16.5. The number of amides is 1. The zero-order valence-corrected chi connectivity index (χ0v) is 12.7. The largest absolute Gasteiger partial charge is 0.395 e. The van der Waals surface area contributed by atoms with Gasteiger partial charge in [-0.1, -0.05) is 6.07 Å². The highest BCUT2D eigenvalue weighted by atomic mass is 79.9. The van der Waals surface area contributed by atoms with E-state index in [2.05, 4.69) is 20.8 Å². The molecular formula is C14H19BrN2O2. The van der Waals surface area contributed by atoms with Gasteiger partial charge >= 0.3 is 0 Å². The van der Waals surface area contributed by atoms with Gasteiger partial charge in [0.1, 0.15) is 0 Å². The number of hydrogen-bond donors (Lipinski definition) is 1. The lowest BCUT2D eigenvalue weighted by Gasteiger charge is -2.34. The van der Waals surface area contributed by atoms with Crippen LogP contribution in [0.5, 0.6) is 0 Å². The molecule has 1 aliphatic heterocycles. The third-order valence-electron chi connectivity index (χ3n) is 3.43. The van der Waals surface area contributed by atoms with Crippen molar-refractivity contribution >= 4 is 21.8 Å². The topological polar surface area (TPSA) is 43.8 Å². The van der Waals surface area contributed by atoms with Crippen LogP contribution in [0.1, 0.15) is 15.9 Å². The Morgan fingerprint density at radius 1 is 1.32 bits per heavy atom. The van der Waals surface area contributed by atoms with Gasteiger partial charge in [-0.15, -0.1) is 0 Å². The molecule has 1 aromatic carbocycles. The Morgan fingerprint density at radius 2 is 2.00 bits per heavy atom. The first-order chi connectivity index (χ1) is 9.11. The second-order valence-electron chi connectivity index (χ2n) is 4.84. The van der Waals surface area contributed by atoms with Crippen LogP contribution in [-0.2, 0) is 0 Å². The Morgan fingerprint density at radius 3 is 2.58 bits per heavy atom. The summed E-state index contributed by atoms with van der Waals surface area (Å²) in [5, 5.41) is 8.91. The van der Waals surface area contributed by atoms with Crippen LogP contribution in [0.25, 0.3) is 0 Å². The molecule has 0 bridgehead atoms. The Hall–Kier alpha value is -0.910. The van der Waals surface area contributed by atoms with Gasteiger partial charge in [-0.25, -0.2) is 0 Å². The normalized spacial score (nSPS) is 16.7. The zero-order valence-electron chi connectivity index (χ0n) is 11.1. The van der Waals surface area contributed by atoms with Gasteiger partial charge in [0.15, 0.2) is 0 Å². The molecule has 1 aromatic rings. The second kappa shape index (κ2) is 6.50. The molecule has 0 aliphatic carbocycles. The van der Waals surface area contributed by atoms with Crippen LogP contribution >= 0.6 is 15.9 Å². The van der Waals surface area contributed by atoms with Crippen molar-refractivity contribution in [3.05, 3.63) is 33.8 Å². The summed E-state index contributed by atoms with van der Waals surface area (Å²) in [6.07, 6.45) is 0. The van der Waals surface area contributed by atoms with Crippen molar-refractivity contribution in [2.24, 2.45) is 0 Å². The van der Waals surface area contributed by atoms with Crippen molar-refractivity contribution in [1.29, 1.82) is 0 Å². The van der Waals surface area contributed by atoms with Crippen molar-refractivity contribution in [3.63, 3.8) is 0 Å². The molecular weight excluding hydrogens is 308 g/mol. The third kappa shape index (κ3) is 3.55. The van der Waals surface area contributed by atoms with Gasteiger partial charge in [-0.05, 0) is 40.5 Å². The van der Waals surface area contributed by atoms with Crippen LogP contribution in [0, 0.1) is 6.92 Å². The SMILES string of the molecule is Cc1ccc(C(=O)N2CCN(CCO)CC2)c(Br)c1. The first kappa shape index (κ1) is 14.5. The van der Waals surface area contributed by atoms with E-state index in [-0.39, 0.29) is 12.5 Å². The minimum absolute atomic E-state index is 0.0792. The van der Waals surface area contributed by atoms with E-state index in [1.54, 1.807) is 0 Å². The number of nitrogens with zero attached hydrogens (tertiary/aromatic N) is 2. The van der Waals surface area contributed by atoms with E-state index in [4.69, 9.17) is 5.11 Å². The molecule has 104 valence electrons. The van der Waals surface area contributed by atoms with Crippen LogP contribution in [0.15, 0.2) is 22.7 Å². The Balaban J connectivity index is 2.01. The fourth-order valence-corrected chi connectivity index (χ4v) is 2.94. The van der Waals surface area contributed by atoms with Crippen molar-refractivity contribution < 1.29 is 9.90 Å². The van der Waals surface area contributed by atoms with E-state index in [1.165, 1.54) is 0 Å². The lowest BCUT2D eigenvalue weighted by atomic mass is 10.1. The van der Waals surface area contributed by atoms with Gasteiger partial charge in [0, 0.05) is 37.2 Å². The van der Waals surface area contributed by atoms with Crippen LogP contribution in [0.3, 0.4) is 0 Å². The highest BCUT2D eigenvalue weighted by Gasteiger charge is 2.22. The van der Waals surface area contributed by atoms with Gasteiger partial charge in [-0.3, -0.25) is 9.69 Å². The molecule has 2 rings (SSSR count). The molecule has 0 radical (unpaired) electrons. The molecule has 0 unspecified atom stereocenters. The molecule has 4 nitrogen and oxygen atoms in total. The Kier molecular flexibility index (Phi) is 4.96. The van der Waals surface area contributed by atoms with E-state index in [9.17, 15) is 4.79 Å². The quantitative estimate of drug-likeness (QED) is 0.915. The van der Waals surface area contributed by atoms with Crippen molar-refractivity contribution in [1.82, 2.24) is 9.80 Å². The summed E-state index contributed by atoms with van der Waals surface area (Å²) < 4.78 is 0.857. The van der Waals surface area contributed by atoms with Gasteiger partial charge in [0.2, 0.25) is 0 Å². The average Bonchev–Trinajstić information content (AvgIpc) is 2.39. The number of carbonyl (C=O) groups is 1. The Labute approximate surface area is 122 Å². The standard InChI is InChI=1S/C14H19BrN2O2/c1-11-2-3-12(13(15)10-11)14(19)17-6-4-16(5-7-17)8-9-18/h2-3,10,18H,4-9H2,1H3. The molecule has 1 saturated heterocycles. The van der Waals surface area contributed by atoms with Crippen LogP contribution in [0.2, 0.25) is 0 Å². The number of aliphatic hydroxyl groups excluding tert-OH is 1. The summed E-state index contributed by atoms with van der Waals surface area (Å²) in [6.45, 7) is 5.98. The molecule has 0 aromatic heterocycles. The van der Waals surface area contributed by atoms with E-state index >= 15 is 0 Å². The highest BCUT2D eigenvalue weighted by Crippen LogP contribution is 2.20. The molecule has 1 fully saturated rings. The van der Waals surface area contributed by atoms with Gasteiger partial charge in [-0.2, -0.15) is 0 Å². The number of carbonyl (C=O) groups excluding carboxylic acids is 1. The molecule has 19 heavy (non-hydrogen) atoms. The molecule has 1 N–H and O–H groups in total. The van der Waals surface area contributed by atoms with Crippen LogP contribution < -0.4 is 0 Å². The molecule has 1 amide bonds. The minimum Gasteiger partial charge on any atom is -0.395 e. The maximum absolute atomic E-state index is 12.4. The number of aliphatic hydroxyl groups is 1. The summed E-state index contributed by atoms with van der Waals surface area (Å²) in [6, 6.07) is 5.80. The number of benzene rings is 1. The maximum atomic E-state index is 12.4. The number of β-amino-alcohol motifs (C(OH)–C–C–N with tert-alkyl or cyclic N) is 1. The van der Waals surface area contributed by atoms with E-state index in [1.807, 2.05) is 30.0 Å². The number of rotatable bonds is 3. The van der Waals surface area contributed by atoms with Gasteiger partial charge in [0.25, 0.3) is 5.91 Å². The number of piperazine rings is 1. The van der Waals surface area contributed by atoms with Crippen molar-refractivity contribution in [2.45, 2.75) is 6.92 Å². The van der Waals surface area contributed by atoms with Gasteiger partial charge in [0.05, 0.1) is 12.2 Å². The molecule has 0 saturated carbocycles. The number of hydrogen-bond acceptors (Lipinski definition) is 3. The van der Waals surface area contributed by atoms with Crippen LogP contribution in [0.4, 0.5) is 0 Å². The molecule has 1 aliphatic rings. The monoisotopic (exact) mass is 326 g/mol. The number of aryl methyl sites for hydroxylation is 1. The Bertz CT molecular complexity index is 457. The van der Waals surface area contributed by atoms with E-state index in [0.29, 0.717) is 6.54 Å². The lowest BCUT2D eigenvalue weighted by molar-refractivity contribution is 0.0614. The zero-order chi connectivity index (χ0) is 13.8. The molecule has 0 spiro atoms. The first-order valence-corrected chi connectivity index (χ1v) is 7.30. The predicted octanol–water partition coefficient (Wildman–Crippen LogP) is 1.51. The average molecular weight is 327 g/mol. The highest BCUT2D eigenvalue weighted by molar-refractivity contribution is 9.10. The summed E-state index contributed by atoms with van der Waals surface area (Å²) >= 11 is 3.46. The smallest absolute Gasteiger partial charge is 0.255 e. The van der Waals surface area contributed by atoms with Gasteiger partial charge < -0.3 is 10.0 Å². The predicted molar refractivity (Wildman–Crippen MR) is 78.3 cm³/mol.